The smallest absolute Gasteiger partial charge is 0.265 e. The van der Waals surface area contributed by atoms with E-state index in [0.29, 0.717) is 12.1 Å². The van der Waals surface area contributed by atoms with Crippen LogP contribution in [0.15, 0.2) is 22.4 Å². The summed E-state index contributed by atoms with van der Waals surface area (Å²) < 4.78 is 0. The summed E-state index contributed by atoms with van der Waals surface area (Å²) in [5.74, 6) is -0.510. The van der Waals surface area contributed by atoms with E-state index in [9.17, 15) is 4.79 Å². The van der Waals surface area contributed by atoms with E-state index in [4.69, 9.17) is 5.73 Å². The SMILES string of the molecule is NC(=O)C1=NN=CC=CC1. The quantitative estimate of drug-likeness (QED) is 0.537. The molecule has 1 amide bonds. The molecule has 0 fully saturated rings. The van der Waals surface area contributed by atoms with Gasteiger partial charge in [-0.2, -0.15) is 5.10 Å². The van der Waals surface area contributed by atoms with Crippen molar-refractivity contribution in [2.45, 2.75) is 6.42 Å². The summed E-state index contributed by atoms with van der Waals surface area (Å²) in [5.41, 5.74) is 5.26. The molecule has 2 N–H and O–H groups in total. The summed E-state index contributed by atoms with van der Waals surface area (Å²) >= 11 is 0. The van der Waals surface area contributed by atoms with Crippen LogP contribution in [-0.2, 0) is 4.79 Å². The maximum Gasteiger partial charge on any atom is 0.265 e. The number of amides is 1. The van der Waals surface area contributed by atoms with Crippen LogP contribution in [0.4, 0.5) is 0 Å². The molecule has 1 rings (SSSR count). The largest absolute Gasteiger partial charge is 0.364 e. The minimum absolute atomic E-state index is 0.296. The fourth-order valence-corrected chi connectivity index (χ4v) is 0.573. The van der Waals surface area contributed by atoms with E-state index < -0.39 is 5.91 Å². The monoisotopic (exact) mass is 137 g/mol. The molecule has 4 nitrogen and oxygen atoms in total. The van der Waals surface area contributed by atoms with Crippen molar-refractivity contribution in [2.75, 3.05) is 0 Å². The molecule has 0 aromatic heterocycles. The average molecular weight is 137 g/mol. The van der Waals surface area contributed by atoms with Crippen molar-refractivity contribution >= 4 is 17.8 Å². The second-order valence-electron chi connectivity index (χ2n) is 1.81. The maximum absolute atomic E-state index is 10.5. The molecule has 0 spiro atoms. The highest BCUT2D eigenvalue weighted by Gasteiger charge is 2.04. The van der Waals surface area contributed by atoms with Crippen molar-refractivity contribution < 1.29 is 4.79 Å². The van der Waals surface area contributed by atoms with Gasteiger partial charge in [-0.05, 0) is 6.08 Å². The number of hydrogen-bond acceptors (Lipinski definition) is 3. The molecule has 1 aliphatic heterocycles. The van der Waals surface area contributed by atoms with Crippen molar-refractivity contribution in [3.63, 3.8) is 0 Å². The van der Waals surface area contributed by atoms with Gasteiger partial charge in [0.05, 0.1) is 0 Å². The fourth-order valence-electron chi connectivity index (χ4n) is 0.573. The maximum atomic E-state index is 10.5. The Bertz CT molecular complexity index is 227. The van der Waals surface area contributed by atoms with Gasteiger partial charge in [-0.3, -0.25) is 4.79 Å². The molecule has 0 radical (unpaired) electrons. The second kappa shape index (κ2) is 2.91. The van der Waals surface area contributed by atoms with E-state index in [-0.39, 0.29) is 0 Å². The molecule has 0 aromatic rings. The highest BCUT2D eigenvalue weighted by molar-refractivity contribution is 6.38. The van der Waals surface area contributed by atoms with Gasteiger partial charge in [0, 0.05) is 12.6 Å². The van der Waals surface area contributed by atoms with E-state index in [0.717, 1.165) is 0 Å². The van der Waals surface area contributed by atoms with Gasteiger partial charge in [0.1, 0.15) is 5.71 Å². The molecule has 10 heavy (non-hydrogen) atoms. The molecule has 0 saturated heterocycles. The van der Waals surface area contributed by atoms with E-state index in [1.807, 2.05) is 0 Å². The molecule has 0 saturated carbocycles. The molecule has 1 aliphatic rings. The highest BCUT2D eigenvalue weighted by Crippen LogP contribution is 1.92. The fraction of sp³-hybridized carbons (Fsp3) is 0.167. The lowest BCUT2D eigenvalue weighted by Crippen LogP contribution is -2.22. The van der Waals surface area contributed by atoms with Crippen LogP contribution in [0.1, 0.15) is 6.42 Å². The van der Waals surface area contributed by atoms with Gasteiger partial charge in [0.2, 0.25) is 0 Å². The van der Waals surface area contributed by atoms with E-state index in [2.05, 4.69) is 10.2 Å². The van der Waals surface area contributed by atoms with Crippen molar-refractivity contribution in [2.24, 2.45) is 15.9 Å². The molecule has 0 atom stereocenters. The van der Waals surface area contributed by atoms with Gasteiger partial charge < -0.3 is 5.73 Å². The Labute approximate surface area is 58.1 Å². The number of hydrogen-bond donors (Lipinski definition) is 1. The van der Waals surface area contributed by atoms with Gasteiger partial charge >= 0.3 is 0 Å². The van der Waals surface area contributed by atoms with Crippen LogP contribution in [-0.4, -0.2) is 17.8 Å². The number of rotatable bonds is 1. The minimum Gasteiger partial charge on any atom is -0.364 e. The normalized spacial score (nSPS) is 16.2. The van der Waals surface area contributed by atoms with Crippen LogP contribution in [0, 0.1) is 0 Å². The van der Waals surface area contributed by atoms with Crippen LogP contribution in [0.2, 0.25) is 0 Å². The van der Waals surface area contributed by atoms with Crippen LogP contribution < -0.4 is 5.73 Å². The molecular formula is C6H7N3O. The molecule has 0 aliphatic carbocycles. The third kappa shape index (κ3) is 1.51. The topological polar surface area (TPSA) is 67.8 Å². The average Bonchev–Trinajstić information content (AvgIpc) is 2.12. The summed E-state index contributed by atoms with van der Waals surface area (Å²) in [5, 5.41) is 7.12. The number of allylic oxidation sites excluding steroid dienone is 2. The van der Waals surface area contributed by atoms with Crippen molar-refractivity contribution in [1.29, 1.82) is 0 Å². The zero-order valence-electron chi connectivity index (χ0n) is 5.32. The zero-order chi connectivity index (χ0) is 7.40. The van der Waals surface area contributed by atoms with Gasteiger partial charge in [-0.15, -0.1) is 5.10 Å². The van der Waals surface area contributed by atoms with E-state index in [1.54, 1.807) is 12.2 Å². The summed E-state index contributed by atoms with van der Waals surface area (Å²) in [6, 6.07) is 0. The van der Waals surface area contributed by atoms with Gasteiger partial charge in [0.15, 0.2) is 0 Å². The van der Waals surface area contributed by atoms with Crippen LogP contribution in [0.5, 0.6) is 0 Å². The number of primary amides is 1. The minimum atomic E-state index is -0.510. The van der Waals surface area contributed by atoms with Gasteiger partial charge in [-0.25, -0.2) is 0 Å². The van der Waals surface area contributed by atoms with Gasteiger partial charge in [0.25, 0.3) is 5.91 Å². The molecule has 1 heterocycles. The standard InChI is InChI=1S/C6H7N3O/c7-6(10)5-3-1-2-4-8-9-5/h1-2,4H,3H2,(H2,7,10). The Balaban J connectivity index is 2.78. The lowest BCUT2D eigenvalue weighted by molar-refractivity contribution is -0.112. The Morgan fingerprint density at radius 2 is 2.50 bits per heavy atom. The number of carbonyl (C=O) groups excluding carboxylic acids is 1. The lowest BCUT2D eigenvalue weighted by atomic mass is 10.2. The van der Waals surface area contributed by atoms with Crippen LogP contribution in [0.25, 0.3) is 0 Å². The Hall–Kier alpha value is -1.45. The number of carbonyl (C=O) groups is 1. The van der Waals surface area contributed by atoms with Crippen LogP contribution >= 0.6 is 0 Å². The summed E-state index contributed by atoms with van der Waals surface area (Å²) in [6.07, 6.45) is 5.48. The van der Waals surface area contributed by atoms with Crippen molar-refractivity contribution in [1.82, 2.24) is 0 Å². The Kier molecular flexibility index (Phi) is 1.94. The van der Waals surface area contributed by atoms with Gasteiger partial charge in [-0.1, -0.05) is 6.08 Å². The number of nitrogens with two attached hydrogens (primary N) is 1. The van der Waals surface area contributed by atoms with E-state index >= 15 is 0 Å². The molecule has 0 unspecified atom stereocenters. The molecule has 0 aromatic carbocycles. The highest BCUT2D eigenvalue weighted by atomic mass is 16.1. The molecular weight excluding hydrogens is 130 g/mol. The first-order valence-corrected chi connectivity index (χ1v) is 2.85. The first kappa shape index (κ1) is 6.67. The third-order valence-electron chi connectivity index (χ3n) is 1.06. The van der Waals surface area contributed by atoms with Crippen molar-refractivity contribution in [3.8, 4) is 0 Å². The summed E-state index contributed by atoms with van der Waals surface area (Å²) in [6.45, 7) is 0. The zero-order valence-corrected chi connectivity index (χ0v) is 5.32. The predicted molar refractivity (Wildman–Crippen MR) is 38.9 cm³/mol. The predicted octanol–water partition coefficient (Wildman–Crippen LogP) is -0.142. The number of nitrogens with zero attached hydrogens (tertiary/aromatic N) is 2. The molecule has 0 bridgehead atoms. The van der Waals surface area contributed by atoms with Crippen molar-refractivity contribution in [3.05, 3.63) is 12.2 Å². The molecule has 52 valence electrons. The lowest BCUT2D eigenvalue weighted by Gasteiger charge is -1.90. The summed E-state index contributed by atoms with van der Waals surface area (Å²) in [4.78, 5) is 10.5. The van der Waals surface area contributed by atoms with E-state index in [1.165, 1.54) is 6.21 Å². The Morgan fingerprint density at radius 1 is 1.70 bits per heavy atom. The first-order chi connectivity index (χ1) is 4.80. The Morgan fingerprint density at radius 3 is 3.20 bits per heavy atom. The molecule has 4 heteroatoms. The van der Waals surface area contributed by atoms with Crippen LogP contribution in [0.3, 0.4) is 0 Å². The summed E-state index contributed by atoms with van der Waals surface area (Å²) in [7, 11) is 0. The third-order valence-corrected chi connectivity index (χ3v) is 1.06. The second-order valence-corrected chi connectivity index (χ2v) is 1.81. The first-order valence-electron chi connectivity index (χ1n) is 2.85.